The van der Waals surface area contributed by atoms with E-state index in [0.29, 0.717) is 11.5 Å². The molecular weight excluding hydrogens is 238 g/mol. The Balaban J connectivity index is 2.21. The van der Waals surface area contributed by atoms with Crippen LogP contribution < -0.4 is 10.0 Å². The van der Waals surface area contributed by atoms with Crippen molar-refractivity contribution in [2.45, 2.75) is 6.61 Å². The highest BCUT2D eigenvalue weighted by Crippen LogP contribution is 2.22. The molecule has 88 valence electrons. The fraction of sp³-hybridized carbons (Fsp3) is 0.0769. The average molecular weight is 250 g/mol. The molecule has 0 saturated carbocycles. The number of aliphatic hydroxyl groups excluding tert-OH is 1. The van der Waals surface area contributed by atoms with Crippen LogP contribution in [0.2, 0.25) is 0 Å². The molecular formula is C13H12FO2P. The molecule has 4 heteroatoms. The van der Waals surface area contributed by atoms with Crippen LogP contribution in [0.1, 0.15) is 5.56 Å². The summed E-state index contributed by atoms with van der Waals surface area (Å²) in [6.07, 6.45) is 0. The molecule has 0 aliphatic carbocycles. The summed E-state index contributed by atoms with van der Waals surface area (Å²) in [7, 11) is 2.54. The van der Waals surface area contributed by atoms with E-state index in [9.17, 15) is 4.39 Å². The Hall–Kier alpha value is -1.44. The van der Waals surface area contributed by atoms with Crippen molar-refractivity contribution < 1.29 is 14.2 Å². The van der Waals surface area contributed by atoms with E-state index in [2.05, 4.69) is 9.24 Å². The maximum atomic E-state index is 12.7. The lowest BCUT2D eigenvalue weighted by Gasteiger charge is -2.08. The number of aliphatic hydroxyl groups is 1. The van der Waals surface area contributed by atoms with Crippen LogP contribution in [0.3, 0.4) is 0 Å². The van der Waals surface area contributed by atoms with Gasteiger partial charge in [0.1, 0.15) is 17.3 Å². The Labute approximate surface area is 101 Å². The molecule has 0 saturated heterocycles. The maximum absolute atomic E-state index is 12.7. The molecule has 2 nitrogen and oxygen atoms in total. The summed E-state index contributed by atoms with van der Waals surface area (Å²) in [6, 6.07) is 11.2. The lowest BCUT2D eigenvalue weighted by molar-refractivity contribution is 0.282. The molecule has 0 amide bonds. The second-order valence-electron chi connectivity index (χ2n) is 3.57. The lowest BCUT2D eigenvalue weighted by atomic mass is 10.2. The van der Waals surface area contributed by atoms with Crippen LogP contribution in [0.15, 0.2) is 42.5 Å². The van der Waals surface area contributed by atoms with Crippen LogP contribution in [0.4, 0.5) is 4.39 Å². The highest BCUT2D eigenvalue weighted by atomic mass is 31.0. The molecule has 2 aromatic carbocycles. The smallest absolute Gasteiger partial charge is 0.127 e. The number of hydrogen-bond donors (Lipinski definition) is 1. The molecule has 0 fully saturated rings. The second kappa shape index (κ2) is 5.26. The van der Waals surface area contributed by atoms with Gasteiger partial charge in [-0.05, 0) is 47.3 Å². The van der Waals surface area contributed by atoms with Gasteiger partial charge >= 0.3 is 0 Å². The molecule has 1 atom stereocenters. The fourth-order valence-corrected chi connectivity index (χ4v) is 1.69. The van der Waals surface area contributed by atoms with Crippen molar-refractivity contribution in [2.24, 2.45) is 0 Å². The monoisotopic (exact) mass is 250 g/mol. The number of ether oxygens (including phenoxy) is 1. The number of benzene rings is 2. The summed E-state index contributed by atoms with van der Waals surface area (Å²) >= 11 is 0. The first kappa shape index (κ1) is 12.0. The molecule has 0 aliphatic heterocycles. The quantitative estimate of drug-likeness (QED) is 0.848. The molecule has 1 N–H and O–H groups in total. The summed E-state index contributed by atoms with van der Waals surface area (Å²) in [5.74, 6) is 0.882. The van der Waals surface area contributed by atoms with Crippen molar-refractivity contribution in [3.05, 3.63) is 53.8 Å². The maximum Gasteiger partial charge on any atom is 0.127 e. The minimum atomic E-state index is -0.297. The van der Waals surface area contributed by atoms with E-state index in [1.807, 2.05) is 6.07 Å². The summed E-state index contributed by atoms with van der Waals surface area (Å²) in [6.45, 7) is -0.0422. The van der Waals surface area contributed by atoms with Gasteiger partial charge in [-0.1, -0.05) is 6.07 Å². The van der Waals surface area contributed by atoms with Crippen molar-refractivity contribution in [2.75, 3.05) is 0 Å². The number of halogens is 1. The van der Waals surface area contributed by atoms with E-state index < -0.39 is 0 Å². The van der Waals surface area contributed by atoms with E-state index in [1.54, 1.807) is 24.3 Å². The van der Waals surface area contributed by atoms with Gasteiger partial charge < -0.3 is 9.84 Å². The largest absolute Gasteiger partial charge is 0.457 e. The molecule has 0 aliphatic rings. The van der Waals surface area contributed by atoms with E-state index in [4.69, 9.17) is 9.84 Å². The van der Waals surface area contributed by atoms with Gasteiger partial charge in [-0.25, -0.2) is 4.39 Å². The topological polar surface area (TPSA) is 29.5 Å². The van der Waals surface area contributed by atoms with Crippen LogP contribution in [-0.2, 0) is 6.61 Å². The van der Waals surface area contributed by atoms with E-state index in [1.165, 1.54) is 12.1 Å². The molecule has 17 heavy (non-hydrogen) atoms. The summed E-state index contributed by atoms with van der Waals surface area (Å²) in [5, 5.41) is 10.1. The van der Waals surface area contributed by atoms with Crippen molar-refractivity contribution in [1.29, 1.82) is 0 Å². The third-order valence-corrected chi connectivity index (χ3v) is 2.90. The number of hydrogen-bond acceptors (Lipinski definition) is 2. The highest BCUT2D eigenvalue weighted by molar-refractivity contribution is 7.27. The van der Waals surface area contributed by atoms with Crippen molar-refractivity contribution >= 4 is 14.5 Å². The van der Waals surface area contributed by atoms with E-state index >= 15 is 0 Å². The Kier molecular flexibility index (Phi) is 3.72. The molecule has 0 bridgehead atoms. The molecule has 0 heterocycles. The van der Waals surface area contributed by atoms with Crippen LogP contribution in [0.5, 0.6) is 11.5 Å². The molecule has 2 rings (SSSR count). The molecule has 0 aromatic heterocycles. The van der Waals surface area contributed by atoms with Gasteiger partial charge in [0.15, 0.2) is 0 Å². The Morgan fingerprint density at radius 3 is 2.35 bits per heavy atom. The third-order valence-electron chi connectivity index (χ3n) is 2.33. The van der Waals surface area contributed by atoms with Gasteiger partial charge in [0.2, 0.25) is 0 Å². The van der Waals surface area contributed by atoms with Crippen LogP contribution >= 0.6 is 9.24 Å². The Morgan fingerprint density at radius 1 is 1.06 bits per heavy atom. The predicted octanol–water partition coefficient (Wildman–Crippen LogP) is 2.61. The Morgan fingerprint density at radius 2 is 1.71 bits per heavy atom. The summed E-state index contributed by atoms with van der Waals surface area (Å²) in [5.41, 5.74) is 0.787. The van der Waals surface area contributed by atoms with Crippen LogP contribution in [0, 0.1) is 5.82 Å². The highest BCUT2D eigenvalue weighted by Gasteiger charge is 2.02. The summed E-state index contributed by atoms with van der Waals surface area (Å²) < 4.78 is 18.2. The standard InChI is InChI=1S/C13H12FO2P/c14-10-1-3-11(4-2-10)16-12-5-6-13(17)9(7-12)8-15/h1-7,15H,8,17H2. The normalized spacial score (nSPS) is 10.3. The second-order valence-corrected chi connectivity index (χ2v) is 4.20. The molecule has 2 aromatic rings. The van der Waals surface area contributed by atoms with Gasteiger partial charge in [-0.2, -0.15) is 0 Å². The minimum Gasteiger partial charge on any atom is -0.457 e. The predicted molar refractivity (Wildman–Crippen MR) is 68.2 cm³/mol. The minimum absolute atomic E-state index is 0.0422. The van der Waals surface area contributed by atoms with Gasteiger partial charge in [-0.3, -0.25) is 0 Å². The van der Waals surface area contributed by atoms with Crippen molar-refractivity contribution in [3.63, 3.8) is 0 Å². The summed E-state index contributed by atoms with van der Waals surface area (Å²) in [4.78, 5) is 0. The SMILES string of the molecule is OCc1cc(Oc2ccc(F)cc2)ccc1P. The van der Waals surface area contributed by atoms with Crippen molar-refractivity contribution in [3.8, 4) is 11.5 Å². The van der Waals surface area contributed by atoms with Gasteiger partial charge in [-0.15, -0.1) is 9.24 Å². The Bertz CT molecular complexity index is 511. The van der Waals surface area contributed by atoms with Crippen LogP contribution in [-0.4, -0.2) is 5.11 Å². The fourth-order valence-electron chi connectivity index (χ4n) is 1.42. The lowest BCUT2D eigenvalue weighted by Crippen LogP contribution is -2.01. The van der Waals surface area contributed by atoms with Gasteiger partial charge in [0.25, 0.3) is 0 Å². The molecule has 0 spiro atoms. The zero-order valence-corrected chi connectivity index (χ0v) is 10.2. The van der Waals surface area contributed by atoms with Gasteiger partial charge in [0.05, 0.1) is 6.61 Å². The first-order valence-electron chi connectivity index (χ1n) is 5.12. The number of rotatable bonds is 3. The molecule has 1 unspecified atom stereocenters. The first-order valence-corrected chi connectivity index (χ1v) is 5.69. The zero-order chi connectivity index (χ0) is 12.3. The van der Waals surface area contributed by atoms with E-state index in [-0.39, 0.29) is 12.4 Å². The van der Waals surface area contributed by atoms with E-state index in [0.717, 1.165) is 10.9 Å². The zero-order valence-electron chi connectivity index (χ0n) is 9.06. The van der Waals surface area contributed by atoms with Crippen molar-refractivity contribution in [1.82, 2.24) is 0 Å². The average Bonchev–Trinajstić information content (AvgIpc) is 2.34. The first-order chi connectivity index (χ1) is 8.19. The van der Waals surface area contributed by atoms with Crippen LogP contribution in [0.25, 0.3) is 0 Å². The molecule has 0 radical (unpaired) electrons. The van der Waals surface area contributed by atoms with Gasteiger partial charge in [0, 0.05) is 0 Å². The third kappa shape index (κ3) is 3.02.